The van der Waals surface area contributed by atoms with Gasteiger partial charge in [0, 0.05) is 19.6 Å². The molecule has 0 unspecified atom stereocenters. The molecule has 1 aliphatic rings. The Morgan fingerprint density at radius 3 is 2.53 bits per heavy atom. The number of anilines is 1. The van der Waals surface area contributed by atoms with Crippen LogP contribution in [0.5, 0.6) is 0 Å². The van der Waals surface area contributed by atoms with E-state index in [-0.39, 0.29) is 0 Å². The van der Waals surface area contributed by atoms with E-state index in [1.165, 1.54) is 19.4 Å². The van der Waals surface area contributed by atoms with Crippen LogP contribution in [0.15, 0.2) is 12.4 Å². The molecule has 1 aliphatic heterocycles. The van der Waals surface area contributed by atoms with Crippen LogP contribution in [0, 0.1) is 5.92 Å². The molecule has 0 spiro atoms. The van der Waals surface area contributed by atoms with Crippen molar-refractivity contribution in [1.29, 1.82) is 0 Å². The number of hydrogen-bond acceptors (Lipinski definition) is 5. The zero-order valence-electron chi connectivity index (χ0n) is 11.5. The quantitative estimate of drug-likeness (QED) is 0.826. The molecule has 1 aromatic heterocycles. The van der Waals surface area contributed by atoms with Gasteiger partial charge in [-0.2, -0.15) is 0 Å². The molecule has 2 heterocycles. The highest BCUT2D eigenvalue weighted by molar-refractivity contribution is 7.80. The summed E-state index contributed by atoms with van der Waals surface area (Å²) in [5, 5.41) is 0. The third-order valence-electron chi connectivity index (χ3n) is 3.45. The highest BCUT2D eigenvalue weighted by atomic mass is 32.1. The molecule has 0 radical (unpaired) electrons. The highest BCUT2D eigenvalue weighted by Crippen LogP contribution is 2.21. The van der Waals surface area contributed by atoms with Crippen LogP contribution >= 0.6 is 12.2 Å². The largest absolute Gasteiger partial charge is 0.388 e. The van der Waals surface area contributed by atoms with Gasteiger partial charge in [-0.05, 0) is 32.9 Å². The number of nitrogens with two attached hydrogens (primary N) is 1. The van der Waals surface area contributed by atoms with Crippen LogP contribution < -0.4 is 10.6 Å². The van der Waals surface area contributed by atoms with Crippen molar-refractivity contribution < 1.29 is 0 Å². The molecule has 0 amide bonds. The Bertz CT molecular complexity index is 423. The smallest absolute Gasteiger partial charge is 0.147 e. The zero-order valence-corrected chi connectivity index (χ0v) is 12.4. The molecule has 104 valence electrons. The van der Waals surface area contributed by atoms with Gasteiger partial charge >= 0.3 is 0 Å². The Balaban J connectivity index is 1.92. The summed E-state index contributed by atoms with van der Waals surface area (Å²) in [4.78, 5) is 13.5. The molecule has 5 nitrogen and oxygen atoms in total. The topological polar surface area (TPSA) is 58.3 Å². The van der Waals surface area contributed by atoms with Crippen LogP contribution in [0.4, 0.5) is 5.82 Å². The lowest BCUT2D eigenvalue weighted by Gasteiger charge is -2.33. The second-order valence-electron chi connectivity index (χ2n) is 5.32. The Morgan fingerprint density at radius 1 is 1.37 bits per heavy atom. The van der Waals surface area contributed by atoms with Crippen LogP contribution in [0.3, 0.4) is 0 Å². The maximum atomic E-state index is 5.52. The molecule has 1 aromatic rings. The maximum absolute atomic E-state index is 5.52. The minimum absolute atomic E-state index is 0.295. The predicted octanol–water partition coefficient (Wildman–Crippen LogP) is 0.889. The lowest BCUT2D eigenvalue weighted by molar-refractivity contribution is 0.284. The van der Waals surface area contributed by atoms with Crippen molar-refractivity contribution in [1.82, 2.24) is 14.9 Å². The van der Waals surface area contributed by atoms with Gasteiger partial charge in [0.15, 0.2) is 0 Å². The van der Waals surface area contributed by atoms with Gasteiger partial charge in [0.25, 0.3) is 0 Å². The lowest BCUT2D eigenvalue weighted by Crippen LogP contribution is -2.37. The van der Waals surface area contributed by atoms with Gasteiger partial charge in [0.05, 0.1) is 12.4 Å². The summed E-state index contributed by atoms with van der Waals surface area (Å²) >= 11 is 4.87. The summed E-state index contributed by atoms with van der Waals surface area (Å²) in [7, 11) is 4.26. The summed E-state index contributed by atoms with van der Waals surface area (Å²) < 4.78 is 0. The molecular formula is C13H21N5S. The third-order valence-corrected chi connectivity index (χ3v) is 3.66. The summed E-state index contributed by atoms with van der Waals surface area (Å²) in [6.45, 7) is 3.25. The van der Waals surface area contributed by atoms with Gasteiger partial charge in [-0.15, -0.1) is 0 Å². The van der Waals surface area contributed by atoms with E-state index in [0.29, 0.717) is 10.7 Å². The Hall–Kier alpha value is -1.27. The van der Waals surface area contributed by atoms with E-state index in [2.05, 4.69) is 33.9 Å². The van der Waals surface area contributed by atoms with E-state index in [9.17, 15) is 0 Å². The Kier molecular flexibility index (Phi) is 4.66. The number of rotatable bonds is 4. The second kappa shape index (κ2) is 6.25. The monoisotopic (exact) mass is 279 g/mol. The van der Waals surface area contributed by atoms with E-state index in [0.717, 1.165) is 24.8 Å². The van der Waals surface area contributed by atoms with Gasteiger partial charge in [0.2, 0.25) is 0 Å². The van der Waals surface area contributed by atoms with E-state index < -0.39 is 0 Å². The van der Waals surface area contributed by atoms with Crippen LogP contribution in [-0.2, 0) is 0 Å². The van der Waals surface area contributed by atoms with E-state index in [4.69, 9.17) is 18.0 Å². The molecular weight excluding hydrogens is 258 g/mol. The van der Waals surface area contributed by atoms with Crippen molar-refractivity contribution in [2.75, 3.05) is 38.6 Å². The lowest BCUT2D eigenvalue weighted by atomic mass is 9.96. The highest BCUT2D eigenvalue weighted by Gasteiger charge is 2.20. The molecule has 0 aromatic carbocycles. The first kappa shape index (κ1) is 14.1. The molecule has 19 heavy (non-hydrogen) atoms. The predicted molar refractivity (Wildman–Crippen MR) is 81.4 cm³/mol. The zero-order chi connectivity index (χ0) is 13.8. The van der Waals surface area contributed by atoms with E-state index in [1.54, 1.807) is 12.4 Å². The normalized spacial score (nSPS) is 16.9. The molecule has 0 atom stereocenters. The molecule has 1 fully saturated rings. The van der Waals surface area contributed by atoms with Crippen LogP contribution in [-0.4, -0.2) is 53.6 Å². The number of thiocarbonyl (C=S) groups is 1. The number of hydrogen-bond donors (Lipinski definition) is 1. The van der Waals surface area contributed by atoms with Gasteiger partial charge in [-0.3, -0.25) is 0 Å². The third kappa shape index (κ3) is 3.84. The van der Waals surface area contributed by atoms with Crippen molar-refractivity contribution in [3.8, 4) is 0 Å². The maximum Gasteiger partial charge on any atom is 0.147 e. The van der Waals surface area contributed by atoms with Crippen molar-refractivity contribution >= 4 is 23.0 Å². The van der Waals surface area contributed by atoms with Crippen LogP contribution in [0.25, 0.3) is 0 Å². The SMILES string of the molecule is CN(C)CC1CCN(c2cnc(C(N)=S)cn2)CC1. The van der Waals surface area contributed by atoms with Gasteiger partial charge < -0.3 is 15.5 Å². The van der Waals surface area contributed by atoms with E-state index >= 15 is 0 Å². The number of nitrogens with zero attached hydrogens (tertiary/aromatic N) is 4. The van der Waals surface area contributed by atoms with Gasteiger partial charge in [-0.25, -0.2) is 9.97 Å². The van der Waals surface area contributed by atoms with Crippen molar-refractivity contribution in [2.45, 2.75) is 12.8 Å². The van der Waals surface area contributed by atoms with Crippen LogP contribution in [0.1, 0.15) is 18.5 Å². The summed E-state index contributed by atoms with van der Waals surface area (Å²) in [5.74, 6) is 1.71. The Morgan fingerprint density at radius 2 is 2.05 bits per heavy atom. The number of piperidine rings is 1. The van der Waals surface area contributed by atoms with Crippen LogP contribution in [0.2, 0.25) is 0 Å². The molecule has 0 bridgehead atoms. The molecule has 1 saturated heterocycles. The molecule has 0 aliphatic carbocycles. The van der Waals surface area contributed by atoms with E-state index in [1.807, 2.05) is 0 Å². The van der Waals surface area contributed by atoms with Gasteiger partial charge in [0.1, 0.15) is 16.5 Å². The van der Waals surface area contributed by atoms with Crippen molar-refractivity contribution in [3.05, 3.63) is 18.1 Å². The van der Waals surface area contributed by atoms with Crippen molar-refractivity contribution in [2.24, 2.45) is 11.7 Å². The van der Waals surface area contributed by atoms with Crippen molar-refractivity contribution in [3.63, 3.8) is 0 Å². The van der Waals surface area contributed by atoms with Gasteiger partial charge in [-0.1, -0.05) is 12.2 Å². The first-order valence-electron chi connectivity index (χ1n) is 6.58. The number of aromatic nitrogens is 2. The fourth-order valence-corrected chi connectivity index (χ4v) is 2.58. The fraction of sp³-hybridized carbons (Fsp3) is 0.615. The molecule has 0 saturated carbocycles. The second-order valence-corrected chi connectivity index (χ2v) is 5.76. The minimum Gasteiger partial charge on any atom is -0.388 e. The minimum atomic E-state index is 0.295. The fourth-order valence-electron chi connectivity index (χ4n) is 2.47. The standard InChI is InChI=1S/C13H21N5S/c1-17(2)9-10-3-5-18(6-4-10)12-8-15-11(7-16-12)13(14)19/h7-8,10H,3-6,9H2,1-2H3,(H2,14,19). The summed E-state index contributed by atoms with van der Waals surface area (Å²) in [6, 6.07) is 0. The molecule has 2 N–H and O–H groups in total. The Labute approximate surface area is 119 Å². The molecule has 6 heteroatoms. The first-order chi connectivity index (χ1) is 9.06. The average molecular weight is 279 g/mol. The first-order valence-corrected chi connectivity index (χ1v) is 6.98. The summed E-state index contributed by atoms with van der Waals surface area (Å²) in [6.07, 6.45) is 5.83. The average Bonchev–Trinajstić information content (AvgIpc) is 2.39. The molecule has 2 rings (SSSR count). The summed E-state index contributed by atoms with van der Waals surface area (Å²) in [5.41, 5.74) is 6.10.